The van der Waals surface area contributed by atoms with E-state index in [1.165, 1.54) is 24.4 Å². The number of nitrogens with one attached hydrogen (secondary N) is 2. The van der Waals surface area contributed by atoms with Crippen LogP contribution in [0, 0.1) is 11.3 Å². The first-order valence-corrected chi connectivity index (χ1v) is 9.34. The standard InChI is InChI=1S/C19H15F3N10O/c1-8(27-15-9(7-23)14(24)29-18(25)30-15)16-28-11-4-2-3-10(19(20,21)22)13(11)17(33)32(16)12-5-6-26-31-12/h2-6,8H,1H3,(H,26,31)(H5,24,25,27,29,30). The number of nitrogen functional groups attached to an aromatic ring is 2. The van der Waals surface area contributed by atoms with E-state index >= 15 is 0 Å². The van der Waals surface area contributed by atoms with E-state index in [0.717, 1.165) is 10.6 Å². The van der Waals surface area contributed by atoms with Crippen molar-refractivity contribution in [3.05, 3.63) is 57.8 Å². The second kappa shape index (κ2) is 7.79. The van der Waals surface area contributed by atoms with Crippen LogP contribution in [0.25, 0.3) is 16.7 Å². The summed E-state index contributed by atoms with van der Waals surface area (Å²) in [5, 5.41) is 18.0. The molecule has 168 valence electrons. The predicted molar refractivity (Wildman–Crippen MR) is 112 cm³/mol. The van der Waals surface area contributed by atoms with Gasteiger partial charge in [0.1, 0.15) is 29.1 Å². The molecule has 3 aromatic heterocycles. The minimum Gasteiger partial charge on any atom is -0.382 e. The fourth-order valence-electron chi connectivity index (χ4n) is 3.36. The highest BCUT2D eigenvalue weighted by molar-refractivity contribution is 5.82. The molecule has 0 spiro atoms. The second-order valence-corrected chi connectivity index (χ2v) is 6.92. The fourth-order valence-corrected chi connectivity index (χ4v) is 3.36. The minimum atomic E-state index is -4.77. The van der Waals surface area contributed by atoms with Crippen molar-refractivity contribution in [2.45, 2.75) is 19.1 Å². The Morgan fingerprint density at radius 3 is 2.61 bits per heavy atom. The monoisotopic (exact) mass is 456 g/mol. The molecule has 3 heterocycles. The second-order valence-electron chi connectivity index (χ2n) is 6.92. The molecule has 0 fully saturated rings. The molecule has 0 bridgehead atoms. The maximum atomic E-state index is 13.6. The van der Waals surface area contributed by atoms with E-state index in [9.17, 15) is 23.2 Å². The van der Waals surface area contributed by atoms with Gasteiger partial charge in [-0.1, -0.05) is 6.07 Å². The molecule has 0 aliphatic heterocycles. The first-order chi connectivity index (χ1) is 15.6. The van der Waals surface area contributed by atoms with Gasteiger partial charge in [-0.25, -0.2) is 9.55 Å². The van der Waals surface area contributed by atoms with Gasteiger partial charge in [0.15, 0.2) is 5.82 Å². The van der Waals surface area contributed by atoms with E-state index < -0.39 is 28.7 Å². The Hall–Kier alpha value is -4.67. The largest absolute Gasteiger partial charge is 0.417 e. The average Bonchev–Trinajstić information content (AvgIpc) is 3.26. The quantitative estimate of drug-likeness (QED) is 0.358. The average molecular weight is 456 g/mol. The lowest BCUT2D eigenvalue weighted by atomic mass is 10.1. The third kappa shape index (κ3) is 3.76. The van der Waals surface area contributed by atoms with Crippen LogP contribution in [0.2, 0.25) is 0 Å². The van der Waals surface area contributed by atoms with E-state index in [2.05, 4.69) is 30.5 Å². The Morgan fingerprint density at radius 1 is 1.21 bits per heavy atom. The lowest BCUT2D eigenvalue weighted by Crippen LogP contribution is -2.29. The van der Waals surface area contributed by atoms with E-state index in [4.69, 9.17) is 11.5 Å². The van der Waals surface area contributed by atoms with Crippen LogP contribution >= 0.6 is 0 Å². The molecule has 1 aromatic carbocycles. The number of rotatable bonds is 4. The number of anilines is 3. The van der Waals surface area contributed by atoms with Crippen LogP contribution in [0.4, 0.5) is 30.8 Å². The zero-order valence-corrected chi connectivity index (χ0v) is 16.8. The summed E-state index contributed by atoms with van der Waals surface area (Å²) in [7, 11) is 0. The van der Waals surface area contributed by atoms with Crippen LogP contribution in [-0.4, -0.2) is 29.7 Å². The summed E-state index contributed by atoms with van der Waals surface area (Å²) in [5.41, 5.74) is 9.03. The highest BCUT2D eigenvalue weighted by Crippen LogP contribution is 2.33. The van der Waals surface area contributed by atoms with Crippen molar-refractivity contribution in [3.8, 4) is 11.9 Å². The summed E-state index contributed by atoms with van der Waals surface area (Å²) in [4.78, 5) is 25.3. The lowest BCUT2D eigenvalue weighted by molar-refractivity contribution is -0.136. The summed E-state index contributed by atoms with van der Waals surface area (Å²) >= 11 is 0. The zero-order chi connectivity index (χ0) is 23.9. The number of aromatic nitrogens is 6. The molecule has 0 saturated heterocycles. The number of fused-ring (bicyclic) bond motifs is 1. The number of hydrogen-bond acceptors (Lipinski definition) is 9. The van der Waals surface area contributed by atoms with Gasteiger partial charge in [0.2, 0.25) is 5.95 Å². The van der Waals surface area contributed by atoms with Crippen LogP contribution < -0.4 is 22.3 Å². The van der Waals surface area contributed by atoms with Crippen molar-refractivity contribution in [1.29, 1.82) is 5.26 Å². The Balaban J connectivity index is 1.96. The summed E-state index contributed by atoms with van der Waals surface area (Å²) in [6, 6.07) is 5.70. The van der Waals surface area contributed by atoms with Gasteiger partial charge in [0, 0.05) is 6.07 Å². The summed E-state index contributed by atoms with van der Waals surface area (Å²) < 4.78 is 41.8. The van der Waals surface area contributed by atoms with E-state index in [1.807, 2.05) is 6.07 Å². The van der Waals surface area contributed by atoms with Gasteiger partial charge in [-0.2, -0.15) is 33.5 Å². The van der Waals surface area contributed by atoms with Crippen LogP contribution in [0.15, 0.2) is 35.3 Å². The maximum absolute atomic E-state index is 13.6. The molecule has 6 N–H and O–H groups in total. The van der Waals surface area contributed by atoms with Gasteiger partial charge in [0.05, 0.1) is 28.7 Å². The summed E-state index contributed by atoms with van der Waals surface area (Å²) in [6.45, 7) is 1.57. The molecule has 0 amide bonds. The highest BCUT2D eigenvalue weighted by atomic mass is 19.4. The molecule has 4 aromatic rings. The molecule has 0 saturated carbocycles. The number of H-pyrrole nitrogens is 1. The Bertz CT molecular complexity index is 1450. The van der Waals surface area contributed by atoms with Crippen LogP contribution in [0.5, 0.6) is 0 Å². The van der Waals surface area contributed by atoms with E-state index in [1.54, 1.807) is 6.92 Å². The highest BCUT2D eigenvalue weighted by Gasteiger charge is 2.35. The van der Waals surface area contributed by atoms with Crippen LogP contribution in [0.3, 0.4) is 0 Å². The lowest BCUT2D eigenvalue weighted by Gasteiger charge is -2.20. The number of halogens is 3. The molecular formula is C19H15F3N10O. The molecule has 1 unspecified atom stereocenters. The number of aromatic amines is 1. The third-order valence-electron chi connectivity index (χ3n) is 4.76. The molecule has 0 aliphatic rings. The number of alkyl halides is 3. The maximum Gasteiger partial charge on any atom is 0.417 e. The molecule has 0 aliphatic carbocycles. The van der Waals surface area contributed by atoms with Crippen molar-refractivity contribution in [2.75, 3.05) is 16.8 Å². The van der Waals surface area contributed by atoms with Gasteiger partial charge in [0.25, 0.3) is 5.56 Å². The van der Waals surface area contributed by atoms with Crippen molar-refractivity contribution >= 4 is 28.5 Å². The van der Waals surface area contributed by atoms with Crippen molar-refractivity contribution in [3.63, 3.8) is 0 Å². The SMILES string of the molecule is CC(Nc1nc(N)nc(N)c1C#N)c1nc2cccc(C(F)(F)F)c2c(=O)n1-c1ccn[nH]1. The van der Waals surface area contributed by atoms with Crippen molar-refractivity contribution < 1.29 is 13.2 Å². The smallest absolute Gasteiger partial charge is 0.382 e. The van der Waals surface area contributed by atoms with Gasteiger partial charge in [-0.15, -0.1) is 0 Å². The van der Waals surface area contributed by atoms with Crippen molar-refractivity contribution in [1.82, 2.24) is 29.7 Å². The van der Waals surface area contributed by atoms with Gasteiger partial charge in [-0.3, -0.25) is 9.89 Å². The summed E-state index contributed by atoms with van der Waals surface area (Å²) in [6.07, 6.45) is -3.43. The predicted octanol–water partition coefficient (Wildman–Crippen LogP) is 2.13. The molecule has 11 nitrogen and oxygen atoms in total. The minimum absolute atomic E-state index is 0.0236. The molecule has 4 rings (SSSR count). The topological polar surface area (TPSA) is 177 Å². The number of benzene rings is 1. The molecule has 33 heavy (non-hydrogen) atoms. The number of hydrogen-bond donors (Lipinski definition) is 4. The zero-order valence-electron chi connectivity index (χ0n) is 16.8. The first kappa shape index (κ1) is 21.6. The van der Waals surface area contributed by atoms with Crippen molar-refractivity contribution in [2.24, 2.45) is 0 Å². The Kier molecular flexibility index (Phi) is 5.09. The number of nitrogens with zero attached hydrogens (tertiary/aromatic N) is 6. The Morgan fingerprint density at radius 2 is 1.97 bits per heavy atom. The normalized spacial score (nSPS) is 12.5. The van der Waals surface area contributed by atoms with Gasteiger partial charge < -0.3 is 16.8 Å². The van der Waals surface area contributed by atoms with E-state index in [-0.39, 0.29) is 40.3 Å². The number of nitriles is 1. The summed E-state index contributed by atoms with van der Waals surface area (Å²) in [5.74, 6) is -0.266. The van der Waals surface area contributed by atoms with Crippen LogP contribution in [-0.2, 0) is 6.18 Å². The number of nitrogens with two attached hydrogens (primary N) is 2. The third-order valence-corrected chi connectivity index (χ3v) is 4.76. The first-order valence-electron chi connectivity index (χ1n) is 9.34. The van der Waals surface area contributed by atoms with Gasteiger partial charge >= 0.3 is 6.18 Å². The fraction of sp³-hybridized carbons (Fsp3) is 0.158. The van der Waals surface area contributed by atoms with E-state index in [0.29, 0.717) is 0 Å². The molecule has 0 radical (unpaired) electrons. The molecule has 1 atom stereocenters. The van der Waals surface area contributed by atoms with Gasteiger partial charge in [-0.05, 0) is 19.1 Å². The Labute approximate surface area is 182 Å². The molecule has 14 heteroatoms. The van der Waals surface area contributed by atoms with Crippen LogP contribution in [0.1, 0.15) is 29.9 Å². The molecular weight excluding hydrogens is 441 g/mol.